The van der Waals surface area contributed by atoms with Crippen molar-refractivity contribution in [1.82, 2.24) is 10.2 Å². The average Bonchev–Trinajstić information content (AvgIpc) is 3.03. The second kappa shape index (κ2) is 5.35. The molecule has 4 nitrogen and oxygen atoms in total. The molecule has 1 N–H and O–H groups in total. The van der Waals surface area contributed by atoms with Gasteiger partial charge >= 0.3 is 0 Å². The summed E-state index contributed by atoms with van der Waals surface area (Å²) in [6.07, 6.45) is 6.70. The minimum absolute atomic E-state index is 0.0526. The van der Waals surface area contributed by atoms with Crippen LogP contribution in [0.3, 0.4) is 0 Å². The van der Waals surface area contributed by atoms with Gasteiger partial charge in [0.1, 0.15) is 5.54 Å². The van der Waals surface area contributed by atoms with Crippen molar-refractivity contribution in [3.63, 3.8) is 0 Å². The summed E-state index contributed by atoms with van der Waals surface area (Å²) in [5.41, 5.74) is -0.559. The van der Waals surface area contributed by atoms with Gasteiger partial charge in [-0.15, -0.1) is 0 Å². The number of carbonyl (C=O) groups excluding carboxylic acids is 2. The maximum Gasteiger partial charge on any atom is 0.248 e. The first-order chi connectivity index (χ1) is 9.20. The lowest BCUT2D eigenvalue weighted by molar-refractivity contribution is -0.138. The third kappa shape index (κ3) is 2.62. The number of nitrogens with one attached hydrogen (secondary N) is 1. The molecular formula is C14H22N2O2S. The number of carbonyl (C=O) groups is 2. The van der Waals surface area contributed by atoms with E-state index >= 15 is 0 Å². The monoisotopic (exact) mass is 282 g/mol. The zero-order chi connectivity index (χ0) is 13.3. The van der Waals surface area contributed by atoms with Crippen molar-refractivity contribution in [3.05, 3.63) is 0 Å². The molecule has 2 amide bonds. The number of hydrogen-bond acceptors (Lipinski definition) is 3. The Morgan fingerprint density at radius 1 is 1.26 bits per heavy atom. The summed E-state index contributed by atoms with van der Waals surface area (Å²) < 4.78 is 0. The molecule has 19 heavy (non-hydrogen) atoms. The van der Waals surface area contributed by atoms with Gasteiger partial charge in [-0.2, -0.15) is 11.8 Å². The van der Waals surface area contributed by atoms with E-state index in [1.165, 1.54) is 18.6 Å². The summed E-state index contributed by atoms with van der Waals surface area (Å²) in [4.78, 5) is 26.6. The van der Waals surface area contributed by atoms with Gasteiger partial charge in [-0.1, -0.05) is 12.8 Å². The van der Waals surface area contributed by atoms with Gasteiger partial charge in [-0.05, 0) is 31.4 Å². The number of rotatable bonds is 2. The first-order valence-electron chi connectivity index (χ1n) is 7.42. The third-order valence-corrected chi connectivity index (χ3v) is 5.97. The molecule has 2 saturated heterocycles. The molecule has 0 radical (unpaired) electrons. The van der Waals surface area contributed by atoms with Crippen LogP contribution in [0.2, 0.25) is 0 Å². The summed E-state index contributed by atoms with van der Waals surface area (Å²) >= 11 is 1.98. The molecule has 1 unspecified atom stereocenters. The molecule has 3 aliphatic rings. The van der Waals surface area contributed by atoms with Gasteiger partial charge in [0, 0.05) is 24.8 Å². The van der Waals surface area contributed by atoms with Crippen molar-refractivity contribution >= 4 is 23.6 Å². The van der Waals surface area contributed by atoms with Crippen LogP contribution in [0.1, 0.15) is 44.9 Å². The third-order valence-electron chi connectivity index (χ3n) is 4.59. The highest BCUT2D eigenvalue weighted by molar-refractivity contribution is 8.00. The van der Waals surface area contributed by atoms with Crippen LogP contribution >= 0.6 is 11.8 Å². The van der Waals surface area contributed by atoms with Crippen LogP contribution in [0.15, 0.2) is 0 Å². The molecule has 1 aliphatic carbocycles. The summed E-state index contributed by atoms with van der Waals surface area (Å²) in [5, 5.41) is 3.60. The highest BCUT2D eigenvalue weighted by atomic mass is 32.2. The van der Waals surface area contributed by atoms with Gasteiger partial charge in [0.2, 0.25) is 11.8 Å². The van der Waals surface area contributed by atoms with Gasteiger partial charge in [-0.3, -0.25) is 9.59 Å². The molecule has 1 spiro atoms. The van der Waals surface area contributed by atoms with Crippen molar-refractivity contribution in [2.24, 2.45) is 0 Å². The lowest BCUT2D eigenvalue weighted by atomic mass is 9.95. The molecule has 106 valence electrons. The van der Waals surface area contributed by atoms with Crippen molar-refractivity contribution in [2.75, 3.05) is 18.8 Å². The van der Waals surface area contributed by atoms with Gasteiger partial charge in [0.15, 0.2) is 0 Å². The first kappa shape index (κ1) is 13.3. The summed E-state index contributed by atoms with van der Waals surface area (Å²) in [7, 11) is 0. The Balaban J connectivity index is 1.75. The molecule has 1 atom stereocenters. The Bertz CT molecular complexity index is 374. The van der Waals surface area contributed by atoms with Crippen LogP contribution in [0, 0.1) is 0 Å². The van der Waals surface area contributed by atoms with E-state index in [2.05, 4.69) is 5.32 Å². The van der Waals surface area contributed by atoms with Gasteiger partial charge in [0.25, 0.3) is 0 Å². The highest BCUT2D eigenvalue weighted by Gasteiger charge is 2.46. The molecule has 0 aromatic carbocycles. The summed E-state index contributed by atoms with van der Waals surface area (Å²) in [6, 6.07) is 0. The van der Waals surface area contributed by atoms with Crippen molar-refractivity contribution in [2.45, 2.75) is 55.7 Å². The summed E-state index contributed by atoms with van der Waals surface area (Å²) in [6.45, 7) is 1.43. The normalized spacial score (nSPS) is 30.7. The number of hydrogen-bond donors (Lipinski definition) is 1. The van der Waals surface area contributed by atoms with Gasteiger partial charge in [0.05, 0.1) is 0 Å². The smallest absolute Gasteiger partial charge is 0.248 e. The SMILES string of the molecule is O=C1CCN(CC2CCCS2)C(=O)C2(CCCC2)N1. The molecule has 0 aromatic heterocycles. The van der Waals surface area contributed by atoms with Gasteiger partial charge < -0.3 is 10.2 Å². The Hall–Kier alpha value is -0.710. The van der Waals surface area contributed by atoms with E-state index in [9.17, 15) is 9.59 Å². The zero-order valence-electron chi connectivity index (χ0n) is 11.3. The van der Waals surface area contributed by atoms with Crippen LogP contribution in [-0.2, 0) is 9.59 Å². The maximum atomic E-state index is 12.8. The van der Waals surface area contributed by atoms with E-state index in [1.807, 2.05) is 16.7 Å². The lowest BCUT2D eigenvalue weighted by Gasteiger charge is -2.32. The minimum atomic E-state index is -0.559. The van der Waals surface area contributed by atoms with Crippen LogP contribution in [0.5, 0.6) is 0 Å². The Morgan fingerprint density at radius 2 is 2.05 bits per heavy atom. The Morgan fingerprint density at radius 3 is 2.74 bits per heavy atom. The largest absolute Gasteiger partial charge is 0.342 e. The van der Waals surface area contributed by atoms with E-state index in [-0.39, 0.29) is 11.8 Å². The van der Waals surface area contributed by atoms with E-state index in [0.717, 1.165) is 32.2 Å². The van der Waals surface area contributed by atoms with Crippen molar-refractivity contribution in [3.8, 4) is 0 Å². The molecule has 3 fully saturated rings. The molecule has 0 aromatic rings. The molecule has 5 heteroatoms. The second-order valence-corrected chi connectivity index (χ2v) is 7.38. The Kier molecular flexibility index (Phi) is 3.74. The predicted molar refractivity (Wildman–Crippen MR) is 76.0 cm³/mol. The second-order valence-electron chi connectivity index (χ2n) is 5.97. The van der Waals surface area contributed by atoms with E-state index < -0.39 is 5.54 Å². The fourth-order valence-electron chi connectivity index (χ4n) is 3.55. The average molecular weight is 282 g/mol. The lowest BCUT2D eigenvalue weighted by Crippen LogP contribution is -2.56. The first-order valence-corrected chi connectivity index (χ1v) is 8.46. The topological polar surface area (TPSA) is 49.4 Å². The van der Waals surface area contributed by atoms with E-state index in [0.29, 0.717) is 18.2 Å². The summed E-state index contributed by atoms with van der Waals surface area (Å²) in [5.74, 6) is 1.45. The fourth-order valence-corrected chi connectivity index (χ4v) is 4.83. The number of amides is 2. The quantitative estimate of drug-likeness (QED) is 0.836. The number of nitrogens with zero attached hydrogens (tertiary/aromatic N) is 1. The zero-order valence-corrected chi connectivity index (χ0v) is 12.1. The molecule has 0 bridgehead atoms. The van der Waals surface area contributed by atoms with E-state index in [4.69, 9.17) is 0 Å². The van der Waals surface area contributed by atoms with Crippen LogP contribution in [0.4, 0.5) is 0 Å². The van der Waals surface area contributed by atoms with Crippen LogP contribution in [0.25, 0.3) is 0 Å². The van der Waals surface area contributed by atoms with Crippen molar-refractivity contribution < 1.29 is 9.59 Å². The maximum absolute atomic E-state index is 12.8. The standard InChI is InChI=1S/C14H22N2O2S/c17-12-5-8-16(10-11-4-3-9-19-11)13(18)14(15-12)6-1-2-7-14/h11H,1-10H2,(H,15,17). The fraction of sp³-hybridized carbons (Fsp3) is 0.857. The molecule has 2 heterocycles. The molecule has 1 saturated carbocycles. The molecule has 2 aliphatic heterocycles. The molecule has 3 rings (SSSR count). The van der Waals surface area contributed by atoms with Crippen LogP contribution < -0.4 is 5.32 Å². The van der Waals surface area contributed by atoms with E-state index in [1.54, 1.807) is 0 Å². The molecular weight excluding hydrogens is 260 g/mol. The predicted octanol–water partition coefficient (Wildman–Crippen LogP) is 1.54. The minimum Gasteiger partial charge on any atom is -0.342 e. The highest BCUT2D eigenvalue weighted by Crippen LogP contribution is 2.34. The van der Waals surface area contributed by atoms with Crippen LogP contribution in [-0.4, -0.2) is 46.3 Å². The Labute approximate surface area is 118 Å². The van der Waals surface area contributed by atoms with Crippen molar-refractivity contribution in [1.29, 1.82) is 0 Å². The number of thioether (sulfide) groups is 1. The van der Waals surface area contributed by atoms with Gasteiger partial charge in [-0.25, -0.2) is 0 Å².